The lowest BCUT2D eigenvalue weighted by molar-refractivity contribution is -0.142. The summed E-state index contributed by atoms with van der Waals surface area (Å²) in [4.78, 5) is 22.8. The molecular formula is C11H20N2O3S. The van der Waals surface area contributed by atoms with E-state index >= 15 is 0 Å². The van der Waals surface area contributed by atoms with Crippen molar-refractivity contribution in [2.24, 2.45) is 0 Å². The van der Waals surface area contributed by atoms with Crippen LogP contribution in [0.2, 0.25) is 0 Å². The zero-order valence-electron chi connectivity index (χ0n) is 10.1. The standard InChI is InChI=1S/C11H20N2O3S/c1-17-7-5-9(11(15)16)13-10(14)8-4-2-3-6-12-8/h8-9,12H,2-7H2,1H3,(H,13,14)(H,15,16). The Bertz CT molecular complexity index is 267. The first-order valence-corrected chi connectivity index (χ1v) is 7.30. The first-order valence-electron chi connectivity index (χ1n) is 5.90. The molecule has 1 saturated heterocycles. The van der Waals surface area contributed by atoms with Crippen LogP contribution < -0.4 is 10.6 Å². The van der Waals surface area contributed by atoms with Crippen LogP contribution in [0.25, 0.3) is 0 Å². The number of hydrogen-bond acceptors (Lipinski definition) is 4. The van der Waals surface area contributed by atoms with E-state index in [0.29, 0.717) is 6.42 Å². The van der Waals surface area contributed by atoms with Crippen molar-refractivity contribution in [3.63, 3.8) is 0 Å². The van der Waals surface area contributed by atoms with Crippen molar-refractivity contribution in [3.8, 4) is 0 Å². The average molecular weight is 260 g/mol. The predicted octanol–water partition coefficient (Wildman–Crippen LogP) is 0.451. The summed E-state index contributed by atoms with van der Waals surface area (Å²) in [5, 5.41) is 14.7. The molecule has 17 heavy (non-hydrogen) atoms. The molecule has 1 fully saturated rings. The third-order valence-electron chi connectivity index (χ3n) is 2.85. The van der Waals surface area contributed by atoms with E-state index in [2.05, 4.69) is 10.6 Å². The van der Waals surface area contributed by atoms with Crippen molar-refractivity contribution in [2.75, 3.05) is 18.6 Å². The molecule has 5 nitrogen and oxygen atoms in total. The number of carbonyl (C=O) groups excluding carboxylic acids is 1. The molecule has 0 aromatic heterocycles. The highest BCUT2D eigenvalue weighted by molar-refractivity contribution is 7.98. The van der Waals surface area contributed by atoms with E-state index in [0.717, 1.165) is 31.6 Å². The van der Waals surface area contributed by atoms with Gasteiger partial charge in [-0.2, -0.15) is 11.8 Å². The van der Waals surface area contributed by atoms with Gasteiger partial charge in [0.25, 0.3) is 0 Å². The summed E-state index contributed by atoms with van der Waals surface area (Å²) in [7, 11) is 0. The second kappa shape index (κ2) is 7.55. The van der Waals surface area contributed by atoms with Crippen LogP contribution in [0.3, 0.4) is 0 Å². The summed E-state index contributed by atoms with van der Waals surface area (Å²) >= 11 is 1.58. The monoisotopic (exact) mass is 260 g/mol. The molecule has 3 N–H and O–H groups in total. The Morgan fingerprint density at radius 3 is 2.82 bits per heavy atom. The molecule has 2 atom stereocenters. The molecule has 6 heteroatoms. The number of aliphatic carboxylic acids is 1. The van der Waals surface area contributed by atoms with Gasteiger partial charge in [0.05, 0.1) is 6.04 Å². The molecule has 0 aromatic rings. The molecule has 0 spiro atoms. The van der Waals surface area contributed by atoms with Gasteiger partial charge in [-0.05, 0) is 37.8 Å². The second-order valence-corrected chi connectivity index (χ2v) is 5.17. The molecule has 1 rings (SSSR count). The van der Waals surface area contributed by atoms with E-state index in [4.69, 9.17) is 5.11 Å². The minimum Gasteiger partial charge on any atom is -0.480 e. The summed E-state index contributed by atoms with van der Waals surface area (Å²) in [6, 6.07) is -0.987. The Kier molecular flexibility index (Phi) is 6.36. The van der Waals surface area contributed by atoms with Gasteiger partial charge >= 0.3 is 5.97 Å². The number of rotatable bonds is 6. The Labute approximate surface area is 106 Å². The highest BCUT2D eigenvalue weighted by Gasteiger charge is 2.25. The number of nitrogens with one attached hydrogen (secondary N) is 2. The molecule has 0 saturated carbocycles. The van der Waals surface area contributed by atoms with Crippen molar-refractivity contribution < 1.29 is 14.7 Å². The molecule has 0 bridgehead atoms. The summed E-state index contributed by atoms with van der Waals surface area (Å²) < 4.78 is 0. The van der Waals surface area contributed by atoms with Gasteiger partial charge in [0.2, 0.25) is 5.91 Å². The fraction of sp³-hybridized carbons (Fsp3) is 0.818. The van der Waals surface area contributed by atoms with Crippen LogP contribution in [0.5, 0.6) is 0 Å². The van der Waals surface area contributed by atoms with Gasteiger partial charge < -0.3 is 15.7 Å². The first-order chi connectivity index (χ1) is 8.15. The molecule has 2 unspecified atom stereocenters. The average Bonchev–Trinajstić information content (AvgIpc) is 2.35. The molecule has 1 aliphatic rings. The quantitative estimate of drug-likeness (QED) is 0.646. The predicted molar refractivity (Wildman–Crippen MR) is 68.2 cm³/mol. The van der Waals surface area contributed by atoms with E-state index in [1.54, 1.807) is 11.8 Å². The van der Waals surface area contributed by atoms with E-state index in [1.165, 1.54) is 0 Å². The van der Waals surface area contributed by atoms with Crippen molar-refractivity contribution in [3.05, 3.63) is 0 Å². The first kappa shape index (κ1) is 14.3. The summed E-state index contributed by atoms with van der Waals surface area (Å²) in [5.41, 5.74) is 0. The zero-order chi connectivity index (χ0) is 12.7. The number of amides is 1. The maximum absolute atomic E-state index is 11.8. The van der Waals surface area contributed by atoms with Crippen LogP contribution in [-0.4, -0.2) is 47.6 Å². The molecule has 1 amide bonds. The van der Waals surface area contributed by atoms with Gasteiger partial charge in [-0.1, -0.05) is 6.42 Å². The third-order valence-corrected chi connectivity index (χ3v) is 3.50. The number of carboxylic acid groups (broad SMARTS) is 1. The fourth-order valence-electron chi connectivity index (χ4n) is 1.84. The summed E-state index contributed by atoms with van der Waals surface area (Å²) in [6.45, 7) is 0.834. The lowest BCUT2D eigenvalue weighted by Gasteiger charge is -2.24. The molecule has 98 valence electrons. The SMILES string of the molecule is CSCCC(NC(=O)C1CCCCN1)C(=O)O. The van der Waals surface area contributed by atoms with Gasteiger partial charge in [0.1, 0.15) is 6.04 Å². The lowest BCUT2D eigenvalue weighted by Crippen LogP contribution is -2.51. The van der Waals surface area contributed by atoms with Crippen LogP contribution in [0.1, 0.15) is 25.7 Å². The normalized spacial score (nSPS) is 21.8. The second-order valence-electron chi connectivity index (χ2n) is 4.18. The van der Waals surface area contributed by atoms with Gasteiger partial charge in [0.15, 0.2) is 0 Å². The van der Waals surface area contributed by atoms with Gasteiger partial charge in [0, 0.05) is 0 Å². The molecule has 0 aromatic carbocycles. The largest absolute Gasteiger partial charge is 0.480 e. The Morgan fingerprint density at radius 1 is 1.53 bits per heavy atom. The minimum absolute atomic E-state index is 0.182. The number of thioether (sulfide) groups is 1. The van der Waals surface area contributed by atoms with Crippen LogP contribution in [0, 0.1) is 0 Å². The van der Waals surface area contributed by atoms with Gasteiger partial charge in [-0.15, -0.1) is 0 Å². The molecule has 1 heterocycles. The summed E-state index contributed by atoms with van der Waals surface area (Å²) in [5.74, 6) is -0.406. The Hall–Kier alpha value is -0.750. The number of carboxylic acids is 1. The molecule has 0 radical (unpaired) electrons. The van der Waals surface area contributed by atoms with E-state index < -0.39 is 12.0 Å². The number of carbonyl (C=O) groups is 2. The zero-order valence-corrected chi connectivity index (χ0v) is 10.9. The molecule has 0 aliphatic carbocycles. The smallest absolute Gasteiger partial charge is 0.326 e. The Morgan fingerprint density at radius 2 is 2.29 bits per heavy atom. The lowest BCUT2D eigenvalue weighted by atomic mass is 10.0. The van der Waals surface area contributed by atoms with Crippen molar-refractivity contribution in [2.45, 2.75) is 37.8 Å². The van der Waals surface area contributed by atoms with Gasteiger partial charge in [-0.3, -0.25) is 4.79 Å². The maximum Gasteiger partial charge on any atom is 0.326 e. The minimum atomic E-state index is -0.955. The van der Waals surface area contributed by atoms with E-state index in [-0.39, 0.29) is 11.9 Å². The van der Waals surface area contributed by atoms with Crippen molar-refractivity contribution >= 4 is 23.6 Å². The fourth-order valence-corrected chi connectivity index (χ4v) is 2.31. The molecular weight excluding hydrogens is 240 g/mol. The number of hydrogen-bond donors (Lipinski definition) is 3. The topological polar surface area (TPSA) is 78.4 Å². The van der Waals surface area contributed by atoms with Crippen LogP contribution >= 0.6 is 11.8 Å². The highest BCUT2D eigenvalue weighted by atomic mass is 32.2. The van der Waals surface area contributed by atoms with E-state index in [9.17, 15) is 9.59 Å². The van der Waals surface area contributed by atoms with E-state index in [1.807, 2.05) is 6.26 Å². The van der Waals surface area contributed by atoms with Crippen LogP contribution in [0.15, 0.2) is 0 Å². The van der Waals surface area contributed by atoms with Gasteiger partial charge in [-0.25, -0.2) is 4.79 Å². The molecule has 1 aliphatic heterocycles. The van der Waals surface area contributed by atoms with Crippen molar-refractivity contribution in [1.29, 1.82) is 0 Å². The van der Waals surface area contributed by atoms with Crippen LogP contribution in [-0.2, 0) is 9.59 Å². The number of piperidine rings is 1. The third kappa shape index (κ3) is 4.95. The maximum atomic E-state index is 11.8. The Balaban J connectivity index is 2.42. The summed E-state index contributed by atoms with van der Waals surface area (Å²) in [6.07, 6.45) is 5.28. The van der Waals surface area contributed by atoms with Crippen LogP contribution in [0.4, 0.5) is 0 Å². The highest BCUT2D eigenvalue weighted by Crippen LogP contribution is 2.08. The van der Waals surface area contributed by atoms with Crippen molar-refractivity contribution in [1.82, 2.24) is 10.6 Å².